The highest BCUT2D eigenvalue weighted by Gasteiger charge is 2.25. The van der Waals surface area contributed by atoms with Crippen molar-refractivity contribution in [3.05, 3.63) is 46.5 Å². The van der Waals surface area contributed by atoms with E-state index in [0.717, 1.165) is 30.2 Å². The summed E-state index contributed by atoms with van der Waals surface area (Å²) in [7, 11) is 0. The Balaban J connectivity index is 1.82. The minimum Gasteiger partial charge on any atom is -0.171 e. The molecule has 0 spiro atoms. The zero-order chi connectivity index (χ0) is 14.6. The maximum atomic E-state index is 12.1. The van der Waals surface area contributed by atoms with Gasteiger partial charge in [-0.25, -0.2) is 0 Å². The van der Waals surface area contributed by atoms with Crippen molar-refractivity contribution in [2.24, 2.45) is 5.92 Å². The summed E-state index contributed by atoms with van der Waals surface area (Å²) in [6.45, 7) is 0. The minimum absolute atomic E-state index is 0.309. The lowest BCUT2D eigenvalue weighted by Gasteiger charge is -2.27. The van der Waals surface area contributed by atoms with Gasteiger partial charge in [-0.15, -0.1) is 0 Å². The summed E-state index contributed by atoms with van der Waals surface area (Å²) in [6.07, 6.45) is 2.23. The fourth-order valence-electron chi connectivity index (χ4n) is 2.77. The third-order valence-electron chi connectivity index (χ3n) is 3.87. The molecular formula is C16H18BrF3. The highest BCUT2D eigenvalue weighted by molar-refractivity contribution is 9.10. The Bertz CT molecular complexity index is 440. The molecule has 1 aromatic carbocycles. The number of hydrogen-bond acceptors (Lipinski definition) is 0. The van der Waals surface area contributed by atoms with E-state index in [1.54, 1.807) is 6.08 Å². The van der Waals surface area contributed by atoms with Crippen LogP contribution in [0.4, 0.5) is 13.2 Å². The third-order valence-corrected chi connectivity index (χ3v) is 4.40. The van der Waals surface area contributed by atoms with Crippen LogP contribution in [0.1, 0.15) is 43.6 Å². The van der Waals surface area contributed by atoms with Gasteiger partial charge in [-0.2, -0.15) is 13.2 Å². The van der Waals surface area contributed by atoms with Crippen molar-refractivity contribution in [2.45, 2.75) is 44.2 Å². The van der Waals surface area contributed by atoms with E-state index >= 15 is 0 Å². The largest absolute Gasteiger partial charge is 0.392 e. The summed E-state index contributed by atoms with van der Waals surface area (Å²) in [6, 6.07) is 8.36. The topological polar surface area (TPSA) is 0 Å². The predicted octanol–water partition coefficient (Wildman–Crippen LogP) is 6.23. The summed E-state index contributed by atoms with van der Waals surface area (Å²) < 4.78 is 37.3. The molecular weight excluding hydrogens is 329 g/mol. The van der Waals surface area contributed by atoms with Crippen molar-refractivity contribution < 1.29 is 13.2 Å². The van der Waals surface area contributed by atoms with Gasteiger partial charge in [-0.3, -0.25) is 0 Å². The molecule has 0 heterocycles. The van der Waals surface area contributed by atoms with E-state index in [0.29, 0.717) is 11.8 Å². The molecule has 0 N–H and O–H groups in total. The molecule has 4 heteroatoms. The molecule has 1 aliphatic rings. The van der Waals surface area contributed by atoms with Crippen molar-refractivity contribution in [3.8, 4) is 0 Å². The van der Waals surface area contributed by atoms with Crippen LogP contribution < -0.4 is 0 Å². The van der Waals surface area contributed by atoms with E-state index in [1.807, 2.05) is 12.1 Å². The molecule has 0 aliphatic heterocycles. The summed E-state index contributed by atoms with van der Waals surface area (Å²) in [4.78, 5) is 0. The van der Waals surface area contributed by atoms with Crippen molar-refractivity contribution >= 4 is 15.9 Å². The van der Waals surface area contributed by atoms with Crippen LogP contribution in [0.2, 0.25) is 0 Å². The number of allylic oxidation sites excluding steroid dienone is 2. The van der Waals surface area contributed by atoms with E-state index in [2.05, 4.69) is 28.1 Å². The van der Waals surface area contributed by atoms with Gasteiger partial charge in [-0.1, -0.05) is 40.2 Å². The van der Waals surface area contributed by atoms with Gasteiger partial charge in [0.25, 0.3) is 0 Å². The highest BCUT2D eigenvalue weighted by Crippen LogP contribution is 2.36. The molecule has 0 unspecified atom stereocenters. The average molecular weight is 347 g/mol. The molecule has 0 saturated heterocycles. The molecule has 1 aromatic rings. The van der Waals surface area contributed by atoms with Crippen LogP contribution in [0, 0.1) is 5.92 Å². The second-order valence-electron chi connectivity index (χ2n) is 5.41. The Morgan fingerprint density at radius 2 is 1.65 bits per heavy atom. The molecule has 1 aliphatic carbocycles. The fraction of sp³-hybridized carbons (Fsp3) is 0.500. The van der Waals surface area contributed by atoms with Crippen LogP contribution in [-0.4, -0.2) is 6.18 Å². The van der Waals surface area contributed by atoms with E-state index in [1.165, 1.54) is 11.6 Å². The molecule has 1 fully saturated rings. The summed E-state index contributed by atoms with van der Waals surface area (Å²) >= 11 is 3.42. The summed E-state index contributed by atoms with van der Waals surface area (Å²) in [5, 5.41) is 0. The second-order valence-corrected chi connectivity index (χ2v) is 6.33. The van der Waals surface area contributed by atoms with Gasteiger partial charge in [0.15, 0.2) is 0 Å². The number of rotatable bonds is 3. The number of halogens is 4. The maximum Gasteiger partial charge on any atom is 0.392 e. The first-order valence-electron chi connectivity index (χ1n) is 6.93. The lowest BCUT2D eigenvalue weighted by atomic mass is 9.78. The molecule has 0 amide bonds. The third kappa shape index (κ3) is 4.97. The van der Waals surface area contributed by atoms with Crippen LogP contribution in [0.15, 0.2) is 40.9 Å². The van der Waals surface area contributed by atoms with Crippen molar-refractivity contribution in [3.63, 3.8) is 0 Å². The Hall–Kier alpha value is -0.770. The Morgan fingerprint density at radius 1 is 1.05 bits per heavy atom. The van der Waals surface area contributed by atoms with E-state index in [9.17, 15) is 13.2 Å². The fourth-order valence-corrected chi connectivity index (χ4v) is 3.04. The molecule has 0 nitrogen and oxygen atoms in total. The van der Waals surface area contributed by atoms with Gasteiger partial charge >= 0.3 is 6.18 Å². The molecule has 110 valence electrons. The Morgan fingerprint density at radius 3 is 2.20 bits per heavy atom. The quantitative estimate of drug-likeness (QED) is 0.569. The average Bonchev–Trinajstić information content (AvgIpc) is 2.39. The molecule has 0 aromatic heterocycles. The Kier molecular flexibility index (Phi) is 5.30. The lowest BCUT2D eigenvalue weighted by molar-refractivity contribution is -0.125. The molecule has 0 atom stereocenters. The standard InChI is InChI=1S/C16H18BrF3/c17-15-9-7-14(8-10-15)13-5-3-12(4-6-13)2-1-11-16(18,19)20/h1-2,7-10,12-13H,3-6,11H2/b2-1+/t12-,13-. The highest BCUT2D eigenvalue weighted by atomic mass is 79.9. The first-order valence-corrected chi connectivity index (χ1v) is 7.72. The van der Waals surface area contributed by atoms with Gasteiger partial charge in [0.2, 0.25) is 0 Å². The summed E-state index contributed by atoms with van der Waals surface area (Å²) in [5.74, 6) is 0.861. The number of benzene rings is 1. The summed E-state index contributed by atoms with van der Waals surface area (Å²) in [5.41, 5.74) is 1.34. The van der Waals surface area contributed by atoms with Gasteiger partial charge in [0, 0.05) is 4.47 Å². The van der Waals surface area contributed by atoms with Crippen molar-refractivity contribution in [1.29, 1.82) is 0 Å². The van der Waals surface area contributed by atoms with Crippen molar-refractivity contribution in [1.82, 2.24) is 0 Å². The van der Waals surface area contributed by atoms with Crippen LogP contribution in [0.25, 0.3) is 0 Å². The zero-order valence-corrected chi connectivity index (χ0v) is 12.8. The first-order chi connectivity index (χ1) is 9.44. The number of alkyl halides is 3. The van der Waals surface area contributed by atoms with Crippen LogP contribution in [0.3, 0.4) is 0 Å². The smallest absolute Gasteiger partial charge is 0.171 e. The monoisotopic (exact) mass is 346 g/mol. The van der Waals surface area contributed by atoms with Crippen LogP contribution >= 0.6 is 15.9 Å². The molecule has 20 heavy (non-hydrogen) atoms. The first kappa shape index (κ1) is 15.6. The molecule has 0 radical (unpaired) electrons. The predicted molar refractivity (Wildman–Crippen MR) is 78.7 cm³/mol. The second kappa shape index (κ2) is 6.79. The van der Waals surface area contributed by atoms with Crippen LogP contribution in [0.5, 0.6) is 0 Å². The van der Waals surface area contributed by atoms with E-state index in [4.69, 9.17) is 0 Å². The van der Waals surface area contributed by atoms with Crippen molar-refractivity contribution in [2.75, 3.05) is 0 Å². The molecule has 2 rings (SSSR count). The van der Waals surface area contributed by atoms with E-state index < -0.39 is 12.6 Å². The maximum absolute atomic E-state index is 12.1. The van der Waals surface area contributed by atoms with Gasteiger partial charge in [0.1, 0.15) is 0 Å². The number of hydrogen-bond donors (Lipinski definition) is 0. The van der Waals surface area contributed by atoms with E-state index in [-0.39, 0.29) is 0 Å². The minimum atomic E-state index is -4.08. The van der Waals surface area contributed by atoms with Gasteiger partial charge in [0.05, 0.1) is 6.42 Å². The van der Waals surface area contributed by atoms with Crippen LogP contribution in [-0.2, 0) is 0 Å². The Labute approximate surface area is 126 Å². The lowest BCUT2D eigenvalue weighted by Crippen LogP contribution is -2.12. The zero-order valence-electron chi connectivity index (χ0n) is 11.2. The SMILES string of the molecule is FC(F)(F)C/C=C/[C@H]1CC[C@H](c2ccc(Br)cc2)CC1. The van der Waals surface area contributed by atoms with Gasteiger partial charge < -0.3 is 0 Å². The van der Waals surface area contributed by atoms with Gasteiger partial charge in [-0.05, 0) is 55.2 Å². The normalized spacial score (nSPS) is 24.2. The molecule has 1 saturated carbocycles. The molecule has 0 bridgehead atoms.